The Bertz CT molecular complexity index is 362. The lowest BCUT2D eigenvalue weighted by atomic mass is 10.2. The minimum atomic E-state index is -0.532. The number of anilines is 1. The average molecular weight is 208 g/mol. The number of nitrogens with one attached hydrogen (secondary N) is 1. The summed E-state index contributed by atoms with van der Waals surface area (Å²) in [4.78, 5) is 19.5. The number of hydrogen-bond donors (Lipinski definition) is 2. The van der Waals surface area contributed by atoms with E-state index in [4.69, 9.17) is 5.73 Å². The molecule has 0 radical (unpaired) electrons. The molecule has 82 valence electrons. The van der Waals surface area contributed by atoms with E-state index >= 15 is 0 Å². The Kier molecular flexibility index (Phi) is 3.60. The van der Waals surface area contributed by atoms with E-state index < -0.39 is 5.91 Å². The van der Waals surface area contributed by atoms with Gasteiger partial charge in [0, 0.05) is 12.5 Å². The van der Waals surface area contributed by atoms with Crippen LogP contribution in [0.15, 0.2) is 6.20 Å². The smallest absolute Gasteiger partial charge is 0.269 e. The van der Waals surface area contributed by atoms with Crippen molar-refractivity contribution in [2.45, 2.75) is 26.7 Å². The fraction of sp³-hybridized carbons (Fsp3) is 0.500. The lowest BCUT2D eigenvalue weighted by molar-refractivity contribution is 0.0996. The van der Waals surface area contributed by atoms with E-state index in [9.17, 15) is 4.79 Å². The van der Waals surface area contributed by atoms with Gasteiger partial charge in [0.15, 0.2) is 5.69 Å². The molecule has 15 heavy (non-hydrogen) atoms. The standard InChI is InChI=1S/C10H16N4O/c1-4-12-7-5-13-10(6(2)3)14-8(7)9(11)15/h5-6,12H,4H2,1-3H3,(H2,11,15). The summed E-state index contributed by atoms with van der Waals surface area (Å²) < 4.78 is 0. The predicted octanol–water partition coefficient (Wildman–Crippen LogP) is 1.13. The van der Waals surface area contributed by atoms with Crippen LogP contribution in [0.25, 0.3) is 0 Å². The minimum Gasteiger partial charge on any atom is -0.382 e. The molecule has 0 saturated heterocycles. The van der Waals surface area contributed by atoms with E-state index in [1.165, 1.54) is 0 Å². The highest BCUT2D eigenvalue weighted by molar-refractivity contribution is 5.96. The summed E-state index contributed by atoms with van der Waals surface area (Å²) in [5.41, 5.74) is 6.10. The van der Waals surface area contributed by atoms with Gasteiger partial charge in [-0.1, -0.05) is 13.8 Å². The third-order valence-corrected chi connectivity index (χ3v) is 1.92. The van der Waals surface area contributed by atoms with Crippen molar-refractivity contribution in [2.75, 3.05) is 11.9 Å². The zero-order valence-corrected chi connectivity index (χ0v) is 9.24. The first-order valence-electron chi connectivity index (χ1n) is 4.96. The molecule has 0 aliphatic rings. The Balaban J connectivity index is 3.14. The van der Waals surface area contributed by atoms with Crippen molar-refractivity contribution >= 4 is 11.6 Å². The number of nitrogens with two attached hydrogens (primary N) is 1. The number of carbonyl (C=O) groups is 1. The molecule has 1 rings (SSSR count). The molecule has 1 aromatic heterocycles. The van der Waals surface area contributed by atoms with Crippen molar-refractivity contribution in [3.63, 3.8) is 0 Å². The van der Waals surface area contributed by atoms with Crippen LogP contribution in [0.5, 0.6) is 0 Å². The first-order valence-corrected chi connectivity index (χ1v) is 4.96. The van der Waals surface area contributed by atoms with E-state index in [1.807, 2.05) is 20.8 Å². The van der Waals surface area contributed by atoms with Crippen LogP contribution in [-0.2, 0) is 0 Å². The van der Waals surface area contributed by atoms with Gasteiger partial charge in [-0.05, 0) is 6.92 Å². The second-order valence-corrected chi connectivity index (χ2v) is 3.54. The third-order valence-electron chi connectivity index (χ3n) is 1.92. The van der Waals surface area contributed by atoms with Crippen molar-refractivity contribution in [3.05, 3.63) is 17.7 Å². The molecule has 0 saturated carbocycles. The number of rotatable bonds is 4. The third kappa shape index (κ3) is 2.65. The highest BCUT2D eigenvalue weighted by atomic mass is 16.1. The summed E-state index contributed by atoms with van der Waals surface area (Å²) in [6.45, 7) is 6.56. The zero-order valence-electron chi connectivity index (χ0n) is 9.24. The number of nitrogens with zero attached hydrogens (tertiary/aromatic N) is 2. The Labute approximate surface area is 89.1 Å². The predicted molar refractivity (Wildman–Crippen MR) is 58.8 cm³/mol. The number of primary amides is 1. The lowest BCUT2D eigenvalue weighted by Crippen LogP contribution is -2.18. The number of carbonyl (C=O) groups excluding carboxylic acids is 1. The van der Waals surface area contributed by atoms with Crippen LogP contribution in [0.3, 0.4) is 0 Å². The zero-order chi connectivity index (χ0) is 11.4. The molecule has 1 heterocycles. The van der Waals surface area contributed by atoms with Crippen molar-refractivity contribution in [2.24, 2.45) is 5.73 Å². The first-order chi connectivity index (χ1) is 7.06. The molecular formula is C10H16N4O. The maximum Gasteiger partial charge on any atom is 0.269 e. The summed E-state index contributed by atoms with van der Waals surface area (Å²) >= 11 is 0. The van der Waals surface area contributed by atoms with Gasteiger partial charge in [-0.25, -0.2) is 9.97 Å². The molecule has 0 aliphatic heterocycles. The van der Waals surface area contributed by atoms with Gasteiger partial charge in [0.2, 0.25) is 0 Å². The van der Waals surface area contributed by atoms with E-state index in [2.05, 4.69) is 15.3 Å². The van der Waals surface area contributed by atoms with Crippen molar-refractivity contribution in [1.29, 1.82) is 0 Å². The van der Waals surface area contributed by atoms with Gasteiger partial charge in [0.1, 0.15) is 5.82 Å². The van der Waals surface area contributed by atoms with Crippen molar-refractivity contribution < 1.29 is 4.79 Å². The molecule has 5 nitrogen and oxygen atoms in total. The molecule has 5 heteroatoms. The van der Waals surface area contributed by atoms with E-state index in [-0.39, 0.29) is 11.6 Å². The summed E-state index contributed by atoms with van der Waals surface area (Å²) in [7, 11) is 0. The first kappa shape index (κ1) is 11.4. The van der Waals surface area contributed by atoms with Gasteiger partial charge in [-0.2, -0.15) is 0 Å². The summed E-state index contributed by atoms with van der Waals surface area (Å²) in [6, 6.07) is 0. The fourth-order valence-corrected chi connectivity index (χ4v) is 1.18. The van der Waals surface area contributed by atoms with Crippen LogP contribution in [0.1, 0.15) is 43.0 Å². The van der Waals surface area contributed by atoms with Crippen LogP contribution in [0.2, 0.25) is 0 Å². The summed E-state index contributed by atoms with van der Waals surface area (Å²) in [5, 5.41) is 3.00. The Morgan fingerprint density at radius 3 is 2.73 bits per heavy atom. The lowest BCUT2D eigenvalue weighted by Gasteiger charge is -2.09. The summed E-state index contributed by atoms with van der Waals surface area (Å²) in [5.74, 6) is 0.277. The van der Waals surface area contributed by atoms with Crippen LogP contribution in [0, 0.1) is 0 Å². The molecule has 1 amide bonds. The van der Waals surface area contributed by atoms with E-state index in [1.54, 1.807) is 6.20 Å². The van der Waals surface area contributed by atoms with E-state index in [0.29, 0.717) is 18.1 Å². The second-order valence-electron chi connectivity index (χ2n) is 3.54. The minimum absolute atomic E-state index is 0.179. The van der Waals surface area contributed by atoms with Gasteiger partial charge < -0.3 is 11.1 Å². The Morgan fingerprint density at radius 2 is 2.27 bits per heavy atom. The molecule has 0 unspecified atom stereocenters. The molecule has 0 aromatic carbocycles. The maximum absolute atomic E-state index is 11.2. The van der Waals surface area contributed by atoms with Gasteiger partial charge in [-0.3, -0.25) is 4.79 Å². The summed E-state index contributed by atoms with van der Waals surface area (Å²) in [6.07, 6.45) is 1.60. The van der Waals surface area contributed by atoms with Crippen LogP contribution in [-0.4, -0.2) is 22.4 Å². The maximum atomic E-state index is 11.2. The number of aromatic nitrogens is 2. The Morgan fingerprint density at radius 1 is 1.60 bits per heavy atom. The van der Waals surface area contributed by atoms with Crippen molar-refractivity contribution in [1.82, 2.24) is 9.97 Å². The monoisotopic (exact) mass is 208 g/mol. The highest BCUT2D eigenvalue weighted by Gasteiger charge is 2.13. The fourth-order valence-electron chi connectivity index (χ4n) is 1.18. The second kappa shape index (κ2) is 4.72. The van der Waals surface area contributed by atoms with Gasteiger partial charge in [-0.15, -0.1) is 0 Å². The quantitative estimate of drug-likeness (QED) is 0.777. The molecular weight excluding hydrogens is 192 g/mol. The average Bonchev–Trinajstić information content (AvgIpc) is 2.18. The molecule has 0 bridgehead atoms. The topological polar surface area (TPSA) is 80.9 Å². The Hall–Kier alpha value is -1.65. The molecule has 0 atom stereocenters. The van der Waals surface area contributed by atoms with Gasteiger partial charge in [0.05, 0.1) is 11.9 Å². The number of hydrogen-bond acceptors (Lipinski definition) is 4. The van der Waals surface area contributed by atoms with Crippen LogP contribution >= 0.6 is 0 Å². The largest absolute Gasteiger partial charge is 0.382 e. The van der Waals surface area contributed by atoms with Crippen LogP contribution in [0.4, 0.5) is 5.69 Å². The molecule has 0 fully saturated rings. The SMILES string of the molecule is CCNc1cnc(C(C)C)nc1C(N)=O. The molecule has 3 N–H and O–H groups in total. The van der Waals surface area contributed by atoms with Gasteiger partial charge in [0.25, 0.3) is 5.91 Å². The van der Waals surface area contributed by atoms with Crippen molar-refractivity contribution in [3.8, 4) is 0 Å². The highest BCUT2D eigenvalue weighted by Crippen LogP contribution is 2.15. The molecule has 1 aromatic rings. The van der Waals surface area contributed by atoms with Crippen LogP contribution < -0.4 is 11.1 Å². The molecule has 0 spiro atoms. The van der Waals surface area contributed by atoms with Gasteiger partial charge >= 0.3 is 0 Å². The number of amides is 1. The normalized spacial score (nSPS) is 10.4. The molecule has 0 aliphatic carbocycles. The van der Waals surface area contributed by atoms with E-state index in [0.717, 1.165) is 0 Å².